The Kier molecular flexibility index (Phi) is 6.29. The predicted molar refractivity (Wildman–Crippen MR) is 120 cm³/mol. The number of fused-ring (bicyclic) bond motifs is 1. The zero-order chi connectivity index (χ0) is 23.6. The van der Waals surface area contributed by atoms with Crippen molar-refractivity contribution >= 4 is 39.4 Å². The molecule has 1 aromatic heterocycles. The third kappa shape index (κ3) is 4.96. The highest BCUT2D eigenvalue weighted by atomic mass is 32.1. The van der Waals surface area contributed by atoms with Crippen LogP contribution in [0, 0.1) is 11.7 Å². The van der Waals surface area contributed by atoms with Crippen LogP contribution in [-0.4, -0.2) is 17.7 Å². The third-order valence-electron chi connectivity index (χ3n) is 5.24. The van der Waals surface area contributed by atoms with Crippen molar-refractivity contribution < 1.29 is 27.2 Å². The molecule has 0 spiro atoms. The lowest BCUT2D eigenvalue weighted by Crippen LogP contribution is -2.41. The number of anilines is 1. The van der Waals surface area contributed by atoms with Crippen LogP contribution in [0.25, 0.3) is 10.8 Å². The van der Waals surface area contributed by atoms with Crippen LogP contribution in [0.3, 0.4) is 0 Å². The molecule has 0 bridgehead atoms. The summed E-state index contributed by atoms with van der Waals surface area (Å²) in [5.41, 5.74) is 0.596. The second-order valence-corrected chi connectivity index (χ2v) is 8.36. The van der Waals surface area contributed by atoms with Crippen LogP contribution in [0.5, 0.6) is 0 Å². The van der Waals surface area contributed by atoms with Gasteiger partial charge in [-0.3, -0.25) is 9.59 Å². The summed E-state index contributed by atoms with van der Waals surface area (Å²) in [7, 11) is 0. The van der Waals surface area contributed by atoms with Gasteiger partial charge in [0, 0.05) is 5.69 Å². The SMILES string of the molecule is O=C(c1cccs1)C(C(=O)C(F)(F)F)C(Nc1ccc2ccccc2c1)c1ccc(F)cc1. The first-order valence-electron chi connectivity index (χ1n) is 9.93. The van der Waals surface area contributed by atoms with Gasteiger partial charge in [0.15, 0.2) is 5.78 Å². The number of benzene rings is 3. The Balaban J connectivity index is 1.83. The van der Waals surface area contributed by atoms with Gasteiger partial charge in [-0.15, -0.1) is 11.3 Å². The molecule has 3 nitrogen and oxygen atoms in total. The summed E-state index contributed by atoms with van der Waals surface area (Å²) in [6.45, 7) is 0. The Morgan fingerprint density at radius 3 is 2.18 bits per heavy atom. The van der Waals surface area contributed by atoms with E-state index in [0.717, 1.165) is 34.2 Å². The molecule has 1 heterocycles. The molecule has 168 valence electrons. The summed E-state index contributed by atoms with van der Waals surface area (Å²) in [6.07, 6.45) is -5.24. The number of carbonyl (C=O) groups is 2. The van der Waals surface area contributed by atoms with Crippen molar-refractivity contribution in [2.75, 3.05) is 5.32 Å². The fraction of sp³-hybridized carbons (Fsp3) is 0.120. The highest BCUT2D eigenvalue weighted by Gasteiger charge is 2.50. The molecule has 0 aliphatic carbocycles. The summed E-state index contributed by atoms with van der Waals surface area (Å²) >= 11 is 0.954. The first-order valence-corrected chi connectivity index (χ1v) is 10.8. The van der Waals surface area contributed by atoms with Gasteiger partial charge in [0.05, 0.1) is 10.9 Å². The smallest absolute Gasteiger partial charge is 0.377 e. The number of carbonyl (C=O) groups excluding carboxylic acids is 2. The van der Waals surface area contributed by atoms with Gasteiger partial charge in [0.1, 0.15) is 11.7 Å². The highest BCUT2D eigenvalue weighted by molar-refractivity contribution is 7.12. The van der Waals surface area contributed by atoms with Crippen molar-refractivity contribution in [1.29, 1.82) is 0 Å². The minimum absolute atomic E-state index is 0.0324. The third-order valence-corrected chi connectivity index (χ3v) is 6.13. The van der Waals surface area contributed by atoms with Crippen LogP contribution in [-0.2, 0) is 4.79 Å². The van der Waals surface area contributed by atoms with Crippen molar-refractivity contribution in [2.45, 2.75) is 12.2 Å². The molecule has 3 aromatic carbocycles. The zero-order valence-corrected chi connectivity index (χ0v) is 17.8. The molecular weight excluding hydrogens is 454 g/mol. The van der Waals surface area contributed by atoms with Crippen LogP contribution in [0.4, 0.5) is 23.2 Å². The summed E-state index contributed by atoms with van der Waals surface area (Å²) in [6, 6.07) is 18.8. The first kappa shape index (κ1) is 22.7. The maximum atomic E-state index is 13.6. The Morgan fingerprint density at radius 2 is 1.55 bits per heavy atom. The molecule has 33 heavy (non-hydrogen) atoms. The zero-order valence-electron chi connectivity index (χ0n) is 17.0. The van der Waals surface area contributed by atoms with Gasteiger partial charge in [-0.1, -0.05) is 48.5 Å². The number of hydrogen-bond acceptors (Lipinski definition) is 4. The van der Waals surface area contributed by atoms with Crippen molar-refractivity contribution in [1.82, 2.24) is 0 Å². The maximum Gasteiger partial charge on any atom is 0.450 e. The fourth-order valence-corrected chi connectivity index (χ4v) is 4.36. The second-order valence-electron chi connectivity index (χ2n) is 7.42. The molecular formula is C25H17F4NO2S. The maximum absolute atomic E-state index is 13.6. The minimum Gasteiger partial charge on any atom is -0.377 e. The number of thiophene rings is 1. The molecule has 2 atom stereocenters. The van der Waals surface area contributed by atoms with Crippen LogP contribution in [0.15, 0.2) is 84.2 Å². The van der Waals surface area contributed by atoms with E-state index in [1.165, 1.54) is 24.3 Å². The number of nitrogens with one attached hydrogen (secondary N) is 1. The average molecular weight is 471 g/mol. The number of hydrogen-bond donors (Lipinski definition) is 1. The summed E-state index contributed by atoms with van der Waals surface area (Å²) in [5, 5.41) is 6.23. The van der Waals surface area contributed by atoms with E-state index in [9.17, 15) is 27.2 Å². The normalized spacial score (nSPS) is 13.5. The number of rotatable bonds is 7. The van der Waals surface area contributed by atoms with Crippen molar-refractivity contribution in [3.63, 3.8) is 0 Å². The first-order chi connectivity index (χ1) is 15.7. The molecule has 0 fully saturated rings. The van der Waals surface area contributed by atoms with Crippen LogP contribution < -0.4 is 5.32 Å². The Morgan fingerprint density at radius 1 is 0.848 bits per heavy atom. The minimum atomic E-state index is -5.24. The van der Waals surface area contributed by atoms with Crippen molar-refractivity contribution in [2.24, 2.45) is 5.92 Å². The Bertz CT molecular complexity index is 1280. The molecule has 0 saturated carbocycles. The number of alkyl halides is 3. The lowest BCUT2D eigenvalue weighted by molar-refractivity contribution is -0.174. The van der Waals surface area contributed by atoms with E-state index in [0.29, 0.717) is 5.69 Å². The van der Waals surface area contributed by atoms with E-state index in [1.54, 1.807) is 23.6 Å². The molecule has 0 saturated heterocycles. The largest absolute Gasteiger partial charge is 0.450 e. The van der Waals surface area contributed by atoms with Crippen LogP contribution in [0.1, 0.15) is 21.3 Å². The summed E-state index contributed by atoms with van der Waals surface area (Å²) in [5.74, 6) is -5.80. The lowest BCUT2D eigenvalue weighted by Gasteiger charge is -2.28. The fourth-order valence-electron chi connectivity index (χ4n) is 3.66. The summed E-state index contributed by atoms with van der Waals surface area (Å²) in [4.78, 5) is 25.7. The summed E-state index contributed by atoms with van der Waals surface area (Å²) < 4.78 is 54.4. The van der Waals surface area contributed by atoms with Gasteiger partial charge in [0.25, 0.3) is 0 Å². The molecule has 8 heteroatoms. The molecule has 0 aliphatic heterocycles. The van der Waals surface area contributed by atoms with E-state index in [4.69, 9.17) is 0 Å². The van der Waals surface area contributed by atoms with Gasteiger partial charge in [-0.25, -0.2) is 4.39 Å². The Hall–Kier alpha value is -3.52. The van der Waals surface area contributed by atoms with Gasteiger partial charge in [0.2, 0.25) is 5.78 Å². The van der Waals surface area contributed by atoms with E-state index >= 15 is 0 Å². The second kappa shape index (κ2) is 9.15. The van der Waals surface area contributed by atoms with Crippen LogP contribution in [0.2, 0.25) is 0 Å². The van der Waals surface area contributed by atoms with Gasteiger partial charge in [-0.05, 0) is 52.0 Å². The highest BCUT2D eigenvalue weighted by Crippen LogP contribution is 2.36. The van der Waals surface area contributed by atoms with E-state index in [1.807, 2.05) is 24.3 Å². The molecule has 0 amide bonds. The number of ketones is 2. The monoisotopic (exact) mass is 471 g/mol. The van der Waals surface area contributed by atoms with E-state index < -0.39 is 35.5 Å². The average Bonchev–Trinajstić information content (AvgIpc) is 3.33. The number of Topliss-reactive ketones (excluding diaryl/α,β-unsaturated/α-hetero) is 2. The lowest BCUT2D eigenvalue weighted by atomic mass is 9.84. The van der Waals surface area contributed by atoms with Crippen molar-refractivity contribution in [3.05, 3.63) is 101 Å². The van der Waals surface area contributed by atoms with Gasteiger partial charge in [-0.2, -0.15) is 13.2 Å². The van der Waals surface area contributed by atoms with Crippen LogP contribution >= 0.6 is 11.3 Å². The standard InChI is InChI=1S/C25H17F4NO2S/c26-18-10-7-16(8-11-18)22(30-19-12-9-15-4-1-2-5-17(15)14-19)21(24(32)25(27,28)29)23(31)20-6-3-13-33-20/h1-14,21-22,30H. The van der Waals surface area contributed by atoms with E-state index in [2.05, 4.69) is 5.32 Å². The molecule has 0 radical (unpaired) electrons. The molecule has 1 N–H and O–H groups in total. The van der Waals surface area contributed by atoms with E-state index in [-0.39, 0.29) is 10.4 Å². The molecule has 0 aliphatic rings. The number of halogens is 4. The van der Waals surface area contributed by atoms with Crippen molar-refractivity contribution in [3.8, 4) is 0 Å². The van der Waals surface area contributed by atoms with Gasteiger partial charge < -0.3 is 5.32 Å². The topological polar surface area (TPSA) is 46.2 Å². The Labute approximate surface area is 190 Å². The predicted octanol–water partition coefficient (Wildman–Crippen LogP) is 6.82. The van der Waals surface area contributed by atoms with Gasteiger partial charge >= 0.3 is 6.18 Å². The molecule has 2 unspecified atom stereocenters. The molecule has 4 aromatic rings. The quantitative estimate of drug-likeness (QED) is 0.183. The molecule has 4 rings (SSSR count).